The quantitative estimate of drug-likeness (QED) is 0.608. The van der Waals surface area contributed by atoms with E-state index < -0.39 is 0 Å². The summed E-state index contributed by atoms with van der Waals surface area (Å²) in [4.78, 5) is 17.1. The number of nitrogens with zero attached hydrogens (tertiary/aromatic N) is 1. The highest BCUT2D eigenvalue weighted by atomic mass is 16.1. The Hall–Kier alpha value is -2.34. The predicted octanol–water partition coefficient (Wildman–Crippen LogP) is 2.02. The van der Waals surface area contributed by atoms with Gasteiger partial charge in [-0.1, -0.05) is 24.0 Å². The lowest BCUT2D eigenvalue weighted by Crippen LogP contribution is -1.79. The number of H-pyrrole nitrogens is 1. The van der Waals surface area contributed by atoms with E-state index in [0.717, 1.165) is 23.1 Å². The van der Waals surface area contributed by atoms with Gasteiger partial charge in [0.25, 0.3) is 0 Å². The molecule has 78 valence electrons. The zero-order valence-corrected chi connectivity index (χ0v) is 8.60. The highest BCUT2D eigenvalue weighted by molar-refractivity contribution is 5.60. The van der Waals surface area contributed by atoms with Crippen LogP contribution in [0.25, 0.3) is 11.3 Å². The van der Waals surface area contributed by atoms with Gasteiger partial charge in [0, 0.05) is 5.56 Å². The summed E-state index contributed by atoms with van der Waals surface area (Å²) in [7, 11) is 0. The Morgan fingerprint density at radius 3 is 2.75 bits per heavy atom. The molecule has 0 fully saturated rings. The number of benzene rings is 1. The van der Waals surface area contributed by atoms with Crippen molar-refractivity contribution in [1.29, 1.82) is 0 Å². The molecule has 2 aromatic rings. The van der Waals surface area contributed by atoms with E-state index in [-0.39, 0.29) is 6.42 Å². The molecule has 0 atom stereocenters. The summed E-state index contributed by atoms with van der Waals surface area (Å²) >= 11 is 0. The SMILES string of the molecule is O=CCC#Cc1ccc(-c2cnc[nH]2)cc1. The van der Waals surface area contributed by atoms with E-state index in [2.05, 4.69) is 21.8 Å². The number of hydrogen-bond donors (Lipinski definition) is 1. The van der Waals surface area contributed by atoms with Gasteiger partial charge in [-0.15, -0.1) is 0 Å². The van der Waals surface area contributed by atoms with E-state index in [9.17, 15) is 4.79 Å². The highest BCUT2D eigenvalue weighted by Gasteiger charge is 1.97. The first-order chi connectivity index (χ1) is 7.90. The molecule has 1 heterocycles. The minimum absolute atomic E-state index is 0.280. The second-order valence-corrected chi connectivity index (χ2v) is 3.22. The molecule has 0 radical (unpaired) electrons. The maximum absolute atomic E-state index is 10.1. The van der Waals surface area contributed by atoms with Crippen LogP contribution in [0.3, 0.4) is 0 Å². The lowest BCUT2D eigenvalue weighted by Gasteiger charge is -1.96. The van der Waals surface area contributed by atoms with Crippen molar-refractivity contribution in [1.82, 2.24) is 9.97 Å². The van der Waals surface area contributed by atoms with Crippen LogP contribution in [-0.2, 0) is 4.79 Å². The van der Waals surface area contributed by atoms with Crippen LogP contribution < -0.4 is 0 Å². The van der Waals surface area contributed by atoms with Crippen molar-refractivity contribution in [3.63, 3.8) is 0 Å². The molecule has 0 aliphatic carbocycles. The van der Waals surface area contributed by atoms with Crippen LogP contribution in [-0.4, -0.2) is 16.3 Å². The van der Waals surface area contributed by atoms with Gasteiger partial charge in [0.05, 0.1) is 24.6 Å². The van der Waals surface area contributed by atoms with Crippen LogP contribution >= 0.6 is 0 Å². The Bertz CT molecular complexity index is 515. The first-order valence-corrected chi connectivity index (χ1v) is 4.91. The fraction of sp³-hybridized carbons (Fsp3) is 0.0769. The summed E-state index contributed by atoms with van der Waals surface area (Å²) in [5.41, 5.74) is 2.95. The van der Waals surface area contributed by atoms with Crippen molar-refractivity contribution >= 4 is 6.29 Å². The summed E-state index contributed by atoms with van der Waals surface area (Å²) in [6.07, 6.45) is 4.49. The molecule has 2 rings (SSSR count). The van der Waals surface area contributed by atoms with Crippen LogP contribution in [0.1, 0.15) is 12.0 Å². The molecule has 0 aliphatic rings. The minimum Gasteiger partial charge on any atom is -0.345 e. The van der Waals surface area contributed by atoms with Crippen molar-refractivity contribution < 1.29 is 4.79 Å². The van der Waals surface area contributed by atoms with Gasteiger partial charge in [-0.2, -0.15) is 0 Å². The third-order valence-electron chi connectivity index (χ3n) is 2.11. The average Bonchev–Trinajstić information content (AvgIpc) is 2.84. The number of imidazole rings is 1. The van der Waals surface area contributed by atoms with E-state index >= 15 is 0 Å². The number of carbonyl (C=O) groups excluding carboxylic acids is 1. The Morgan fingerprint density at radius 1 is 1.31 bits per heavy atom. The summed E-state index contributed by atoms with van der Waals surface area (Å²) in [6.45, 7) is 0. The smallest absolute Gasteiger partial charge is 0.131 e. The molecule has 3 nitrogen and oxygen atoms in total. The first kappa shape index (κ1) is 10.2. The Morgan fingerprint density at radius 2 is 2.12 bits per heavy atom. The summed E-state index contributed by atoms with van der Waals surface area (Å²) in [5.74, 6) is 5.68. The Kier molecular flexibility index (Phi) is 3.15. The molecule has 0 amide bonds. The topological polar surface area (TPSA) is 45.8 Å². The molecule has 1 aromatic heterocycles. The highest BCUT2D eigenvalue weighted by Crippen LogP contribution is 2.15. The van der Waals surface area contributed by atoms with Crippen LogP contribution in [0.15, 0.2) is 36.8 Å². The first-order valence-electron chi connectivity index (χ1n) is 4.91. The molecule has 0 aliphatic heterocycles. The molecule has 16 heavy (non-hydrogen) atoms. The van der Waals surface area contributed by atoms with Crippen molar-refractivity contribution in [3.8, 4) is 23.1 Å². The van der Waals surface area contributed by atoms with Gasteiger partial charge in [0.1, 0.15) is 6.29 Å². The van der Waals surface area contributed by atoms with E-state index in [1.165, 1.54) is 0 Å². The summed E-state index contributed by atoms with van der Waals surface area (Å²) in [6, 6.07) is 7.79. The molecule has 1 N–H and O–H groups in total. The summed E-state index contributed by atoms with van der Waals surface area (Å²) < 4.78 is 0. The number of rotatable bonds is 2. The van der Waals surface area contributed by atoms with Gasteiger partial charge < -0.3 is 9.78 Å². The Labute approximate surface area is 93.5 Å². The maximum atomic E-state index is 10.1. The number of aromatic nitrogens is 2. The van der Waals surface area contributed by atoms with Gasteiger partial charge in [0.15, 0.2) is 0 Å². The Balaban J connectivity index is 2.18. The lowest BCUT2D eigenvalue weighted by molar-refractivity contribution is -0.107. The maximum Gasteiger partial charge on any atom is 0.131 e. The van der Waals surface area contributed by atoms with Gasteiger partial charge in [0.2, 0.25) is 0 Å². The van der Waals surface area contributed by atoms with Gasteiger partial charge in [-0.25, -0.2) is 4.98 Å². The largest absolute Gasteiger partial charge is 0.345 e. The fourth-order valence-corrected chi connectivity index (χ4v) is 1.34. The monoisotopic (exact) mass is 210 g/mol. The normalized spacial score (nSPS) is 9.25. The number of hydrogen-bond acceptors (Lipinski definition) is 2. The van der Waals surface area contributed by atoms with E-state index in [0.29, 0.717) is 0 Å². The van der Waals surface area contributed by atoms with E-state index in [4.69, 9.17) is 0 Å². The molecule has 1 aromatic carbocycles. The van der Waals surface area contributed by atoms with Gasteiger partial charge in [-0.05, 0) is 17.7 Å². The van der Waals surface area contributed by atoms with Crippen molar-refractivity contribution in [3.05, 3.63) is 42.4 Å². The third kappa shape index (κ3) is 2.37. The third-order valence-corrected chi connectivity index (χ3v) is 2.11. The van der Waals surface area contributed by atoms with Crippen molar-refractivity contribution in [2.45, 2.75) is 6.42 Å². The molecular formula is C13H10N2O. The molecule has 0 saturated heterocycles. The minimum atomic E-state index is 0.280. The van der Waals surface area contributed by atoms with Crippen molar-refractivity contribution in [2.75, 3.05) is 0 Å². The zero-order chi connectivity index (χ0) is 11.2. The number of aldehydes is 1. The second-order valence-electron chi connectivity index (χ2n) is 3.22. The van der Waals surface area contributed by atoms with E-state index in [1.54, 1.807) is 12.5 Å². The van der Waals surface area contributed by atoms with Crippen LogP contribution in [0, 0.1) is 11.8 Å². The average molecular weight is 210 g/mol. The number of nitrogens with one attached hydrogen (secondary N) is 1. The molecule has 3 heteroatoms. The number of aromatic amines is 1. The zero-order valence-electron chi connectivity index (χ0n) is 8.60. The lowest BCUT2D eigenvalue weighted by atomic mass is 10.1. The summed E-state index contributed by atoms with van der Waals surface area (Å²) in [5, 5.41) is 0. The molecule has 0 unspecified atom stereocenters. The number of carbonyl (C=O) groups is 1. The van der Waals surface area contributed by atoms with Gasteiger partial charge >= 0.3 is 0 Å². The predicted molar refractivity (Wildman–Crippen MR) is 61.6 cm³/mol. The standard InChI is InChI=1S/C13H10N2O/c16-8-2-1-3-11-4-6-12(7-5-11)13-9-14-10-15-13/h4-10H,2H2,(H,14,15). The van der Waals surface area contributed by atoms with Crippen molar-refractivity contribution in [2.24, 2.45) is 0 Å². The second kappa shape index (κ2) is 4.94. The molecule has 0 spiro atoms. The fourth-order valence-electron chi connectivity index (χ4n) is 1.34. The molecule has 0 saturated carbocycles. The van der Waals surface area contributed by atoms with Gasteiger partial charge in [-0.3, -0.25) is 0 Å². The molecule has 0 bridgehead atoms. The van der Waals surface area contributed by atoms with E-state index in [1.807, 2.05) is 24.3 Å². The van der Waals surface area contributed by atoms with Crippen LogP contribution in [0.5, 0.6) is 0 Å². The van der Waals surface area contributed by atoms with Crippen LogP contribution in [0.4, 0.5) is 0 Å². The van der Waals surface area contributed by atoms with Crippen LogP contribution in [0.2, 0.25) is 0 Å². The molecular weight excluding hydrogens is 200 g/mol.